The van der Waals surface area contributed by atoms with E-state index in [-0.39, 0.29) is 0 Å². The molecular formula is C14H16BrN3O. The Bertz CT molecular complexity index is 570. The normalized spacial score (nSPS) is 10.3. The van der Waals surface area contributed by atoms with Crippen molar-refractivity contribution in [2.75, 3.05) is 19.5 Å². The van der Waals surface area contributed by atoms with Gasteiger partial charge >= 0.3 is 0 Å². The quantitative estimate of drug-likeness (QED) is 0.939. The molecule has 1 heterocycles. The zero-order chi connectivity index (χ0) is 13.8. The van der Waals surface area contributed by atoms with Gasteiger partial charge in [-0.2, -0.15) is 0 Å². The number of hydrogen-bond acceptors (Lipinski definition) is 4. The summed E-state index contributed by atoms with van der Waals surface area (Å²) in [6.07, 6.45) is 0.701. The van der Waals surface area contributed by atoms with Crippen molar-refractivity contribution >= 4 is 21.7 Å². The summed E-state index contributed by atoms with van der Waals surface area (Å²) in [6.45, 7) is 1.96. The number of rotatable bonds is 4. The zero-order valence-corrected chi connectivity index (χ0v) is 12.8. The maximum absolute atomic E-state index is 5.14. The molecule has 0 aliphatic carbocycles. The second-order valence-electron chi connectivity index (χ2n) is 4.16. The molecule has 4 nitrogen and oxygen atoms in total. The lowest BCUT2D eigenvalue weighted by molar-refractivity contribution is 0.414. The first-order chi connectivity index (χ1) is 9.13. The Hall–Kier alpha value is -1.62. The van der Waals surface area contributed by atoms with Crippen LogP contribution in [0.25, 0.3) is 0 Å². The smallest absolute Gasteiger partial charge is 0.144 e. The highest BCUT2D eigenvalue weighted by Gasteiger charge is 2.08. The number of hydrogen-bond donors (Lipinski definition) is 1. The van der Waals surface area contributed by atoms with Crippen molar-refractivity contribution in [3.8, 4) is 5.75 Å². The van der Waals surface area contributed by atoms with E-state index in [1.165, 1.54) is 0 Å². The molecule has 2 rings (SSSR count). The molecule has 0 aliphatic heterocycles. The van der Waals surface area contributed by atoms with Gasteiger partial charge in [0.2, 0.25) is 0 Å². The Kier molecular flexibility index (Phi) is 4.37. The van der Waals surface area contributed by atoms with Crippen LogP contribution in [0.5, 0.6) is 5.75 Å². The van der Waals surface area contributed by atoms with Crippen LogP contribution in [0, 0.1) is 6.92 Å². The average molecular weight is 322 g/mol. The molecule has 0 bridgehead atoms. The van der Waals surface area contributed by atoms with Crippen molar-refractivity contribution in [3.63, 3.8) is 0 Å². The lowest BCUT2D eigenvalue weighted by Gasteiger charge is -2.09. The van der Waals surface area contributed by atoms with Crippen molar-refractivity contribution in [2.24, 2.45) is 0 Å². The molecule has 0 atom stereocenters. The molecule has 0 radical (unpaired) electrons. The SMILES string of the molecule is CNc1nc(Cc2ccc(OC)cc2)nc(C)c1Br. The fraction of sp³-hybridized carbons (Fsp3) is 0.286. The summed E-state index contributed by atoms with van der Waals surface area (Å²) in [5, 5.41) is 3.06. The molecule has 1 N–H and O–H groups in total. The Labute approximate surface area is 121 Å². The molecule has 0 saturated carbocycles. The first kappa shape index (κ1) is 13.8. The van der Waals surface area contributed by atoms with Gasteiger partial charge in [-0.3, -0.25) is 0 Å². The molecule has 0 amide bonds. The standard InChI is InChI=1S/C14H16BrN3O/c1-9-13(15)14(16-2)18-12(17-9)8-10-4-6-11(19-3)7-5-10/h4-7H,8H2,1-3H3,(H,16,17,18). The van der Waals surface area contributed by atoms with Gasteiger partial charge in [-0.25, -0.2) is 9.97 Å². The van der Waals surface area contributed by atoms with Gasteiger partial charge in [0.15, 0.2) is 0 Å². The van der Waals surface area contributed by atoms with E-state index in [4.69, 9.17) is 4.74 Å². The van der Waals surface area contributed by atoms with E-state index in [1.807, 2.05) is 38.2 Å². The highest BCUT2D eigenvalue weighted by Crippen LogP contribution is 2.23. The van der Waals surface area contributed by atoms with Gasteiger partial charge in [0.25, 0.3) is 0 Å². The van der Waals surface area contributed by atoms with Crippen molar-refractivity contribution < 1.29 is 4.74 Å². The number of anilines is 1. The molecule has 1 aromatic carbocycles. The third-order valence-electron chi connectivity index (χ3n) is 2.82. The Morgan fingerprint density at radius 3 is 2.47 bits per heavy atom. The van der Waals surface area contributed by atoms with Crippen LogP contribution in [0.2, 0.25) is 0 Å². The molecule has 0 aliphatic rings. The summed E-state index contributed by atoms with van der Waals surface area (Å²) < 4.78 is 6.05. The minimum atomic E-state index is 0.701. The molecule has 0 saturated heterocycles. The Balaban J connectivity index is 2.25. The van der Waals surface area contributed by atoms with Gasteiger partial charge in [-0.05, 0) is 40.5 Å². The molecule has 5 heteroatoms. The third kappa shape index (κ3) is 3.23. The number of aryl methyl sites for hydroxylation is 1. The van der Waals surface area contributed by atoms with Crippen LogP contribution in [-0.4, -0.2) is 24.1 Å². The summed E-state index contributed by atoms with van der Waals surface area (Å²) in [4.78, 5) is 8.98. The molecule has 0 unspecified atom stereocenters. The lowest BCUT2D eigenvalue weighted by atomic mass is 10.1. The Morgan fingerprint density at radius 2 is 1.89 bits per heavy atom. The monoisotopic (exact) mass is 321 g/mol. The molecule has 1 aromatic heterocycles. The maximum atomic E-state index is 5.14. The van der Waals surface area contributed by atoms with E-state index in [2.05, 4.69) is 31.2 Å². The fourth-order valence-electron chi connectivity index (χ4n) is 1.79. The van der Waals surface area contributed by atoms with Gasteiger partial charge < -0.3 is 10.1 Å². The minimum Gasteiger partial charge on any atom is -0.497 e. The van der Waals surface area contributed by atoms with Crippen LogP contribution in [0.15, 0.2) is 28.7 Å². The predicted octanol–water partition coefficient (Wildman–Crippen LogP) is 3.19. The Morgan fingerprint density at radius 1 is 1.21 bits per heavy atom. The second kappa shape index (κ2) is 6.02. The number of ether oxygens (including phenoxy) is 1. The highest BCUT2D eigenvalue weighted by molar-refractivity contribution is 9.10. The lowest BCUT2D eigenvalue weighted by Crippen LogP contribution is -2.04. The summed E-state index contributed by atoms with van der Waals surface area (Å²) >= 11 is 3.47. The van der Waals surface area contributed by atoms with Gasteiger partial charge in [0.1, 0.15) is 17.4 Å². The average Bonchev–Trinajstić information content (AvgIpc) is 2.43. The number of halogens is 1. The first-order valence-electron chi connectivity index (χ1n) is 5.97. The van der Waals surface area contributed by atoms with Crippen LogP contribution >= 0.6 is 15.9 Å². The maximum Gasteiger partial charge on any atom is 0.144 e. The summed E-state index contributed by atoms with van der Waals surface area (Å²) in [5.74, 6) is 2.47. The van der Waals surface area contributed by atoms with E-state index in [1.54, 1.807) is 7.11 Å². The van der Waals surface area contributed by atoms with Gasteiger partial charge in [0.05, 0.1) is 17.3 Å². The van der Waals surface area contributed by atoms with Gasteiger partial charge in [0, 0.05) is 13.5 Å². The topological polar surface area (TPSA) is 47.0 Å². The molecule has 2 aromatic rings. The number of methoxy groups -OCH3 is 1. The molecule has 0 spiro atoms. The van der Waals surface area contributed by atoms with Crippen LogP contribution in [0.1, 0.15) is 17.1 Å². The molecule has 19 heavy (non-hydrogen) atoms. The third-order valence-corrected chi connectivity index (χ3v) is 3.77. The van der Waals surface area contributed by atoms with E-state index in [9.17, 15) is 0 Å². The zero-order valence-electron chi connectivity index (χ0n) is 11.2. The van der Waals surface area contributed by atoms with Crippen LogP contribution in [0.3, 0.4) is 0 Å². The summed E-state index contributed by atoms with van der Waals surface area (Å²) in [7, 11) is 3.51. The van der Waals surface area contributed by atoms with Crippen molar-refractivity contribution in [1.29, 1.82) is 0 Å². The first-order valence-corrected chi connectivity index (χ1v) is 6.77. The van der Waals surface area contributed by atoms with Crippen LogP contribution in [-0.2, 0) is 6.42 Å². The fourth-order valence-corrected chi connectivity index (χ4v) is 2.16. The predicted molar refractivity (Wildman–Crippen MR) is 79.8 cm³/mol. The van der Waals surface area contributed by atoms with E-state index in [0.717, 1.165) is 33.1 Å². The molecule has 100 valence electrons. The second-order valence-corrected chi connectivity index (χ2v) is 4.96. The number of aromatic nitrogens is 2. The van der Waals surface area contributed by atoms with E-state index in [0.29, 0.717) is 6.42 Å². The number of benzene rings is 1. The van der Waals surface area contributed by atoms with Crippen LogP contribution in [0.4, 0.5) is 5.82 Å². The van der Waals surface area contributed by atoms with Crippen molar-refractivity contribution in [1.82, 2.24) is 9.97 Å². The van der Waals surface area contributed by atoms with Gasteiger partial charge in [-0.1, -0.05) is 12.1 Å². The number of nitrogens with zero attached hydrogens (tertiary/aromatic N) is 2. The molecule has 0 fully saturated rings. The van der Waals surface area contributed by atoms with Crippen molar-refractivity contribution in [2.45, 2.75) is 13.3 Å². The van der Waals surface area contributed by atoms with Crippen LogP contribution < -0.4 is 10.1 Å². The summed E-state index contributed by atoms with van der Waals surface area (Å²) in [6, 6.07) is 7.94. The van der Waals surface area contributed by atoms with E-state index < -0.39 is 0 Å². The molecular weight excluding hydrogens is 306 g/mol. The van der Waals surface area contributed by atoms with Gasteiger partial charge in [-0.15, -0.1) is 0 Å². The highest BCUT2D eigenvalue weighted by atomic mass is 79.9. The summed E-state index contributed by atoms with van der Waals surface area (Å²) in [5.41, 5.74) is 2.09. The van der Waals surface area contributed by atoms with Crippen molar-refractivity contribution in [3.05, 3.63) is 45.8 Å². The largest absolute Gasteiger partial charge is 0.497 e. The van der Waals surface area contributed by atoms with E-state index >= 15 is 0 Å². The number of nitrogens with one attached hydrogen (secondary N) is 1. The minimum absolute atomic E-state index is 0.701.